The fraction of sp³-hybridized carbons (Fsp3) is 0.538. The summed E-state index contributed by atoms with van der Waals surface area (Å²) in [6.07, 6.45) is 2.27. The molecular weight excluding hydrogens is 250 g/mol. The minimum Gasteiger partial charge on any atom is -0.481 e. The molecule has 1 aliphatic rings. The van der Waals surface area contributed by atoms with Crippen molar-refractivity contribution in [2.24, 2.45) is 5.92 Å². The third-order valence-electron chi connectivity index (χ3n) is 3.44. The van der Waals surface area contributed by atoms with Crippen LogP contribution in [0.1, 0.15) is 39.4 Å². The summed E-state index contributed by atoms with van der Waals surface area (Å²) in [4.78, 5) is 25.2. The molecule has 1 amide bonds. The second kappa shape index (κ2) is 5.10. The van der Waals surface area contributed by atoms with Gasteiger partial charge in [-0.2, -0.15) is 0 Å². The zero-order valence-electron chi connectivity index (χ0n) is 10.5. The Morgan fingerprint density at radius 3 is 2.67 bits per heavy atom. The summed E-state index contributed by atoms with van der Waals surface area (Å²) in [5.41, 5.74) is 0.675. The molecule has 0 spiro atoms. The van der Waals surface area contributed by atoms with Crippen molar-refractivity contribution in [3.8, 4) is 0 Å². The number of hydrogen-bond acceptors (Lipinski definition) is 3. The van der Waals surface area contributed by atoms with E-state index in [0.29, 0.717) is 12.0 Å². The number of thiophene rings is 1. The molecule has 0 aliphatic heterocycles. The van der Waals surface area contributed by atoms with Crippen LogP contribution < -0.4 is 5.32 Å². The molecule has 1 saturated carbocycles. The summed E-state index contributed by atoms with van der Waals surface area (Å²) in [7, 11) is 0. The van der Waals surface area contributed by atoms with Crippen LogP contribution in [-0.4, -0.2) is 23.0 Å². The first-order valence-corrected chi connectivity index (χ1v) is 6.91. The maximum absolute atomic E-state index is 12.1. The summed E-state index contributed by atoms with van der Waals surface area (Å²) in [5, 5.41) is 11.9. The first-order chi connectivity index (χ1) is 8.49. The Labute approximate surface area is 110 Å². The van der Waals surface area contributed by atoms with E-state index in [9.17, 15) is 9.59 Å². The number of aryl methyl sites for hydroxylation is 2. The summed E-state index contributed by atoms with van der Waals surface area (Å²) in [5.74, 6) is -1.39. The average molecular weight is 267 g/mol. The van der Waals surface area contributed by atoms with Crippen LogP contribution in [-0.2, 0) is 4.79 Å². The number of carbonyl (C=O) groups is 2. The van der Waals surface area contributed by atoms with E-state index >= 15 is 0 Å². The van der Waals surface area contributed by atoms with Gasteiger partial charge in [0.05, 0.1) is 11.5 Å². The highest BCUT2D eigenvalue weighted by Crippen LogP contribution is 2.27. The molecule has 2 N–H and O–H groups in total. The van der Waals surface area contributed by atoms with Gasteiger partial charge in [-0.25, -0.2) is 0 Å². The van der Waals surface area contributed by atoms with E-state index in [-0.39, 0.29) is 11.9 Å². The van der Waals surface area contributed by atoms with E-state index in [0.717, 1.165) is 22.6 Å². The third kappa shape index (κ3) is 2.56. The van der Waals surface area contributed by atoms with E-state index in [2.05, 4.69) is 5.32 Å². The molecule has 98 valence electrons. The first kappa shape index (κ1) is 13.1. The lowest BCUT2D eigenvalue weighted by atomic mass is 10.0. The monoisotopic (exact) mass is 267 g/mol. The molecular formula is C13H17NO3S. The molecule has 1 aromatic heterocycles. The van der Waals surface area contributed by atoms with Gasteiger partial charge >= 0.3 is 5.97 Å². The van der Waals surface area contributed by atoms with Crippen molar-refractivity contribution in [3.05, 3.63) is 21.4 Å². The number of amides is 1. The molecule has 2 unspecified atom stereocenters. The van der Waals surface area contributed by atoms with Gasteiger partial charge < -0.3 is 10.4 Å². The zero-order chi connectivity index (χ0) is 13.3. The predicted molar refractivity (Wildman–Crippen MR) is 70.0 cm³/mol. The lowest BCUT2D eigenvalue weighted by molar-refractivity contribution is -0.142. The highest BCUT2D eigenvalue weighted by Gasteiger charge is 2.34. The molecule has 5 heteroatoms. The number of carbonyl (C=O) groups excluding carboxylic acids is 1. The van der Waals surface area contributed by atoms with Gasteiger partial charge in [0.15, 0.2) is 0 Å². The zero-order valence-corrected chi connectivity index (χ0v) is 11.3. The Hall–Kier alpha value is -1.36. The third-order valence-corrected chi connectivity index (χ3v) is 4.40. The molecule has 0 saturated heterocycles. The predicted octanol–water partition coefficient (Wildman–Crippen LogP) is 2.35. The Kier molecular flexibility index (Phi) is 3.71. The summed E-state index contributed by atoms with van der Waals surface area (Å²) >= 11 is 1.59. The van der Waals surface area contributed by atoms with Crippen molar-refractivity contribution in [1.29, 1.82) is 0 Å². The molecule has 2 rings (SSSR count). The second-order valence-corrected chi connectivity index (χ2v) is 6.24. The van der Waals surface area contributed by atoms with Crippen LogP contribution in [0.15, 0.2) is 6.07 Å². The standard InChI is InChI=1S/C13H17NO3S/c1-7-6-10(8(2)18-7)12(15)14-11-5-3-4-9(11)13(16)17/h6,9,11H,3-5H2,1-2H3,(H,14,15)(H,16,17). The number of carboxylic acids is 1. The van der Waals surface area contributed by atoms with Crippen LogP contribution in [0, 0.1) is 19.8 Å². The van der Waals surface area contributed by atoms with Gasteiger partial charge in [-0.15, -0.1) is 11.3 Å². The van der Waals surface area contributed by atoms with Crippen molar-refractivity contribution >= 4 is 23.2 Å². The lowest BCUT2D eigenvalue weighted by Crippen LogP contribution is -2.40. The SMILES string of the molecule is Cc1cc(C(=O)NC2CCCC2C(=O)O)c(C)s1. The van der Waals surface area contributed by atoms with Crippen molar-refractivity contribution in [3.63, 3.8) is 0 Å². The Bertz CT molecular complexity index is 481. The van der Waals surface area contributed by atoms with Crippen molar-refractivity contribution in [1.82, 2.24) is 5.32 Å². The van der Waals surface area contributed by atoms with Gasteiger partial charge in [0, 0.05) is 15.8 Å². The molecule has 1 heterocycles. The van der Waals surface area contributed by atoms with Crippen LogP contribution >= 0.6 is 11.3 Å². The highest BCUT2D eigenvalue weighted by molar-refractivity contribution is 7.12. The quantitative estimate of drug-likeness (QED) is 0.883. The number of aliphatic carboxylic acids is 1. The molecule has 18 heavy (non-hydrogen) atoms. The van der Waals surface area contributed by atoms with Gasteiger partial charge in [-0.05, 0) is 32.8 Å². The second-order valence-electron chi connectivity index (χ2n) is 4.78. The molecule has 1 aromatic rings. The Morgan fingerprint density at radius 1 is 1.39 bits per heavy atom. The van der Waals surface area contributed by atoms with Gasteiger partial charge in [0.1, 0.15) is 0 Å². The molecule has 0 bridgehead atoms. The van der Waals surface area contributed by atoms with E-state index in [1.165, 1.54) is 0 Å². The number of rotatable bonds is 3. The molecule has 2 atom stereocenters. The minimum absolute atomic E-state index is 0.144. The Balaban J connectivity index is 2.07. The number of carboxylic acid groups (broad SMARTS) is 1. The van der Waals surface area contributed by atoms with E-state index in [4.69, 9.17) is 5.11 Å². The van der Waals surface area contributed by atoms with Crippen molar-refractivity contribution < 1.29 is 14.7 Å². The molecule has 0 aromatic carbocycles. The van der Waals surface area contributed by atoms with Gasteiger partial charge in [0.2, 0.25) is 0 Å². The Morgan fingerprint density at radius 2 is 2.11 bits per heavy atom. The first-order valence-electron chi connectivity index (χ1n) is 6.09. The van der Waals surface area contributed by atoms with E-state index in [1.807, 2.05) is 19.9 Å². The van der Waals surface area contributed by atoms with Gasteiger partial charge in [-0.1, -0.05) is 6.42 Å². The maximum Gasteiger partial charge on any atom is 0.308 e. The maximum atomic E-state index is 12.1. The van der Waals surface area contributed by atoms with Crippen LogP contribution in [0.25, 0.3) is 0 Å². The van der Waals surface area contributed by atoms with Gasteiger partial charge in [-0.3, -0.25) is 9.59 Å². The van der Waals surface area contributed by atoms with Crippen LogP contribution in [0.5, 0.6) is 0 Å². The topological polar surface area (TPSA) is 66.4 Å². The normalized spacial score (nSPS) is 23.0. The van der Waals surface area contributed by atoms with Crippen molar-refractivity contribution in [2.75, 3.05) is 0 Å². The largest absolute Gasteiger partial charge is 0.481 e. The minimum atomic E-state index is -0.809. The molecule has 0 radical (unpaired) electrons. The van der Waals surface area contributed by atoms with E-state index < -0.39 is 11.9 Å². The summed E-state index contributed by atoms with van der Waals surface area (Å²) in [6, 6.07) is 1.63. The highest BCUT2D eigenvalue weighted by atomic mass is 32.1. The lowest BCUT2D eigenvalue weighted by Gasteiger charge is -2.17. The molecule has 4 nitrogen and oxygen atoms in total. The summed E-state index contributed by atoms with van der Waals surface area (Å²) < 4.78 is 0. The average Bonchev–Trinajstić information content (AvgIpc) is 2.85. The van der Waals surface area contributed by atoms with Crippen LogP contribution in [0.4, 0.5) is 0 Å². The van der Waals surface area contributed by atoms with Crippen LogP contribution in [0.3, 0.4) is 0 Å². The summed E-state index contributed by atoms with van der Waals surface area (Å²) in [6.45, 7) is 3.87. The number of nitrogens with one attached hydrogen (secondary N) is 1. The fourth-order valence-corrected chi connectivity index (χ4v) is 3.45. The fourth-order valence-electron chi connectivity index (χ4n) is 2.53. The van der Waals surface area contributed by atoms with E-state index in [1.54, 1.807) is 11.3 Å². The van der Waals surface area contributed by atoms with Crippen LogP contribution in [0.2, 0.25) is 0 Å². The smallest absolute Gasteiger partial charge is 0.308 e. The van der Waals surface area contributed by atoms with Gasteiger partial charge in [0.25, 0.3) is 5.91 Å². The molecule has 1 fully saturated rings. The van der Waals surface area contributed by atoms with Crippen molar-refractivity contribution in [2.45, 2.75) is 39.2 Å². The number of hydrogen-bond donors (Lipinski definition) is 2. The molecule has 1 aliphatic carbocycles.